The van der Waals surface area contributed by atoms with E-state index in [2.05, 4.69) is 4.98 Å². The maximum atomic E-state index is 13.0. The molecular formula is C12H6ClF4N. The Hall–Kier alpha value is -1.62. The summed E-state index contributed by atoms with van der Waals surface area (Å²) in [6, 6.07) is 6.00. The molecule has 94 valence electrons. The Labute approximate surface area is 105 Å². The molecule has 18 heavy (non-hydrogen) atoms. The van der Waals surface area contributed by atoms with Gasteiger partial charge in [0, 0.05) is 11.8 Å². The number of benzene rings is 1. The van der Waals surface area contributed by atoms with E-state index in [0.717, 1.165) is 12.1 Å². The van der Waals surface area contributed by atoms with Crippen LogP contribution in [0.1, 0.15) is 5.56 Å². The molecular weight excluding hydrogens is 270 g/mol. The molecule has 0 aliphatic carbocycles. The first-order valence-electron chi connectivity index (χ1n) is 4.86. The highest BCUT2D eigenvalue weighted by atomic mass is 35.5. The zero-order valence-corrected chi connectivity index (χ0v) is 9.56. The van der Waals surface area contributed by atoms with Crippen molar-refractivity contribution in [1.82, 2.24) is 4.98 Å². The molecule has 0 bridgehead atoms. The van der Waals surface area contributed by atoms with Gasteiger partial charge in [-0.25, -0.2) is 9.37 Å². The third-order valence-electron chi connectivity index (χ3n) is 2.30. The lowest BCUT2D eigenvalue weighted by Crippen LogP contribution is -2.05. The van der Waals surface area contributed by atoms with Crippen LogP contribution in [0.3, 0.4) is 0 Å². The van der Waals surface area contributed by atoms with E-state index in [0.29, 0.717) is 6.20 Å². The molecule has 1 heterocycles. The molecule has 0 amide bonds. The van der Waals surface area contributed by atoms with Gasteiger partial charge >= 0.3 is 6.18 Å². The maximum absolute atomic E-state index is 13.0. The summed E-state index contributed by atoms with van der Waals surface area (Å²) in [6.45, 7) is 0. The summed E-state index contributed by atoms with van der Waals surface area (Å²) in [5.74, 6) is -0.555. The fourth-order valence-electron chi connectivity index (χ4n) is 1.46. The van der Waals surface area contributed by atoms with Crippen molar-refractivity contribution < 1.29 is 17.6 Å². The molecule has 0 aliphatic heterocycles. The minimum absolute atomic E-state index is 0.0472. The Balaban J connectivity index is 2.57. The van der Waals surface area contributed by atoms with Crippen molar-refractivity contribution in [3.63, 3.8) is 0 Å². The molecule has 0 aliphatic rings. The van der Waals surface area contributed by atoms with E-state index >= 15 is 0 Å². The van der Waals surface area contributed by atoms with Crippen LogP contribution in [0.2, 0.25) is 5.15 Å². The molecule has 1 nitrogen and oxygen atoms in total. The van der Waals surface area contributed by atoms with Gasteiger partial charge in [0.25, 0.3) is 0 Å². The number of halogens is 5. The predicted molar refractivity (Wildman–Crippen MR) is 59.6 cm³/mol. The van der Waals surface area contributed by atoms with Gasteiger partial charge in [0.15, 0.2) is 0 Å². The molecule has 6 heteroatoms. The van der Waals surface area contributed by atoms with Crippen molar-refractivity contribution in [2.24, 2.45) is 0 Å². The molecule has 0 spiro atoms. The molecule has 1 aromatic heterocycles. The first-order valence-corrected chi connectivity index (χ1v) is 5.24. The van der Waals surface area contributed by atoms with Gasteiger partial charge in [-0.3, -0.25) is 0 Å². The molecule has 0 unspecified atom stereocenters. The van der Waals surface area contributed by atoms with Gasteiger partial charge in [0.1, 0.15) is 11.0 Å². The summed E-state index contributed by atoms with van der Waals surface area (Å²) >= 11 is 5.73. The van der Waals surface area contributed by atoms with E-state index < -0.39 is 17.6 Å². The average Bonchev–Trinajstić information content (AvgIpc) is 2.28. The van der Waals surface area contributed by atoms with Crippen molar-refractivity contribution >= 4 is 11.6 Å². The number of alkyl halides is 3. The standard InChI is InChI=1S/C12H6ClF4N/c13-11-10(7-2-1-3-9(14)4-7)5-8(6-18-11)12(15,16)17/h1-6H. The van der Waals surface area contributed by atoms with Crippen LogP contribution >= 0.6 is 11.6 Å². The summed E-state index contributed by atoms with van der Waals surface area (Å²) in [6.07, 6.45) is -3.87. The molecule has 2 rings (SSSR count). The second-order valence-corrected chi connectivity index (χ2v) is 3.93. The topological polar surface area (TPSA) is 12.9 Å². The SMILES string of the molecule is Fc1cccc(-c2cc(C(F)(F)F)cnc2Cl)c1. The number of rotatable bonds is 1. The molecule has 0 saturated heterocycles. The van der Waals surface area contributed by atoms with E-state index in [1.165, 1.54) is 18.2 Å². The van der Waals surface area contributed by atoms with Gasteiger partial charge < -0.3 is 0 Å². The number of aromatic nitrogens is 1. The van der Waals surface area contributed by atoms with Crippen molar-refractivity contribution in [2.75, 3.05) is 0 Å². The highest BCUT2D eigenvalue weighted by Crippen LogP contribution is 2.34. The lowest BCUT2D eigenvalue weighted by Gasteiger charge is -2.09. The molecule has 0 radical (unpaired) electrons. The smallest absolute Gasteiger partial charge is 0.243 e. The Kier molecular flexibility index (Phi) is 3.26. The minimum atomic E-state index is -4.51. The van der Waals surface area contributed by atoms with Crippen LogP contribution in [0.15, 0.2) is 36.5 Å². The van der Waals surface area contributed by atoms with Crippen LogP contribution in [-0.2, 0) is 6.18 Å². The van der Waals surface area contributed by atoms with E-state index in [1.54, 1.807) is 0 Å². The monoisotopic (exact) mass is 275 g/mol. The molecule has 0 saturated carbocycles. The van der Waals surface area contributed by atoms with Crippen LogP contribution < -0.4 is 0 Å². The second kappa shape index (κ2) is 4.57. The number of hydrogen-bond acceptors (Lipinski definition) is 1. The normalized spacial score (nSPS) is 11.6. The summed E-state index contributed by atoms with van der Waals surface area (Å²) in [5.41, 5.74) is -0.629. The highest BCUT2D eigenvalue weighted by Gasteiger charge is 2.31. The largest absolute Gasteiger partial charge is 0.417 e. The van der Waals surface area contributed by atoms with E-state index in [9.17, 15) is 17.6 Å². The lowest BCUT2D eigenvalue weighted by molar-refractivity contribution is -0.137. The first-order chi connectivity index (χ1) is 8.38. The lowest BCUT2D eigenvalue weighted by atomic mass is 10.1. The van der Waals surface area contributed by atoms with Gasteiger partial charge in [-0.15, -0.1) is 0 Å². The second-order valence-electron chi connectivity index (χ2n) is 3.57. The van der Waals surface area contributed by atoms with Crippen LogP contribution in [0.25, 0.3) is 11.1 Å². The van der Waals surface area contributed by atoms with E-state index in [4.69, 9.17) is 11.6 Å². The summed E-state index contributed by atoms with van der Waals surface area (Å²) < 4.78 is 50.6. The van der Waals surface area contributed by atoms with E-state index in [1.807, 2.05) is 0 Å². The van der Waals surface area contributed by atoms with Crippen LogP contribution in [0.4, 0.5) is 17.6 Å². The molecule has 0 N–H and O–H groups in total. The zero-order valence-electron chi connectivity index (χ0n) is 8.80. The minimum Gasteiger partial charge on any atom is -0.243 e. The van der Waals surface area contributed by atoms with Gasteiger partial charge in [-0.2, -0.15) is 13.2 Å². The van der Waals surface area contributed by atoms with Gasteiger partial charge in [0.2, 0.25) is 0 Å². The average molecular weight is 276 g/mol. The van der Waals surface area contributed by atoms with Gasteiger partial charge in [-0.1, -0.05) is 23.7 Å². The fourth-order valence-corrected chi connectivity index (χ4v) is 1.67. The van der Waals surface area contributed by atoms with Gasteiger partial charge in [0.05, 0.1) is 5.56 Å². The zero-order chi connectivity index (χ0) is 13.3. The third-order valence-corrected chi connectivity index (χ3v) is 2.60. The van der Waals surface area contributed by atoms with Gasteiger partial charge in [-0.05, 0) is 23.8 Å². The van der Waals surface area contributed by atoms with Crippen molar-refractivity contribution in [1.29, 1.82) is 0 Å². The predicted octanol–water partition coefficient (Wildman–Crippen LogP) is 4.56. The van der Waals surface area contributed by atoms with Crippen LogP contribution in [-0.4, -0.2) is 4.98 Å². The Morgan fingerprint density at radius 3 is 2.44 bits per heavy atom. The quantitative estimate of drug-likeness (QED) is 0.549. The van der Waals surface area contributed by atoms with Crippen molar-refractivity contribution in [2.45, 2.75) is 6.18 Å². The first kappa shape index (κ1) is 12.8. The molecule has 0 atom stereocenters. The van der Waals surface area contributed by atoms with Crippen molar-refractivity contribution in [3.8, 4) is 11.1 Å². The number of nitrogens with zero attached hydrogens (tertiary/aromatic N) is 1. The Bertz CT molecular complexity index is 581. The maximum Gasteiger partial charge on any atom is 0.417 e. The van der Waals surface area contributed by atoms with Crippen molar-refractivity contribution in [3.05, 3.63) is 53.1 Å². The third kappa shape index (κ3) is 2.61. The summed E-state index contributed by atoms with van der Waals surface area (Å²) in [4.78, 5) is 3.47. The summed E-state index contributed by atoms with van der Waals surface area (Å²) in [5, 5.41) is -0.103. The molecule has 0 fully saturated rings. The Morgan fingerprint density at radius 2 is 1.83 bits per heavy atom. The molecule has 1 aromatic carbocycles. The highest BCUT2D eigenvalue weighted by molar-refractivity contribution is 6.32. The van der Waals surface area contributed by atoms with Crippen LogP contribution in [0.5, 0.6) is 0 Å². The number of pyridine rings is 1. The van der Waals surface area contributed by atoms with Crippen LogP contribution in [0, 0.1) is 5.82 Å². The molecule has 2 aromatic rings. The fraction of sp³-hybridized carbons (Fsp3) is 0.0833. The number of hydrogen-bond donors (Lipinski definition) is 0. The van der Waals surface area contributed by atoms with E-state index in [-0.39, 0.29) is 16.3 Å². The summed E-state index contributed by atoms with van der Waals surface area (Å²) in [7, 11) is 0. The Morgan fingerprint density at radius 1 is 1.11 bits per heavy atom.